The molecule has 12 heavy (non-hydrogen) atoms. The van der Waals surface area contributed by atoms with Crippen LogP contribution in [0.1, 0.15) is 28.9 Å². The van der Waals surface area contributed by atoms with Crippen molar-refractivity contribution in [2.45, 2.75) is 26.3 Å². The van der Waals surface area contributed by atoms with E-state index in [2.05, 4.69) is 20.5 Å². The summed E-state index contributed by atoms with van der Waals surface area (Å²) in [6, 6.07) is 1.96. The molecule has 0 amide bonds. The first-order chi connectivity index (χ1) is 5.70. The molecule has 3 heteroatoms. The Labute approximate surface area is 79.7 Å². The van der Waals surface area contributed by atoms with Gasteiger partial charge in [0.05, 0.1) is 10.3 Å². The zero-order chi connectivity index (χ0) is 8.72. The van der Waals surface area contributed by atoms with Gasteiger partial charge in [0.1, 0.15) is 0 Å². The summed E-state index contributed by atoms with van der Waals surface area (Å²) in [5.74, 6) is 0.273. The van der Waals surface area contributed by atoms with Gasteiger partial charge in [-0.1, -0.05) is 0 Å². The number of aryl methyl sites for hydroxylation is 1. The van der Waals surface area contributed by atoms with Crippen LogP contribution in [0.15, 0.2) is 10.7 Å². The summed E-state index contributed by atoms with van der Waals surface area (Å²) in [6.45, 7) is 2.98. The molecule has 0 radical (unpaired) electrons. The summed E-state index contributed by atoms with van der Waals surface area (Å²) in [5, 5.41) is 0. The van der Waals surface area contributed by atoms with Crippen molar-refractivity contribution in [3.05, 3.63) is 21.9 Å². The van der Waals surface area contributed by atoms with Gasteiger partial charge < -0.3 is 4.57 Å². The predicted molar refractivity (Wildman–Crippen MR) is 50.4 cm³/mol. The summed E-state index contributed by atoms with van der Waals surface area (Å²) in [5.41, 5.74) is 2.02. The highest BCUT2D eigenvalue weighted by molar-refractivity contribution is 9.10. The fourth-order valence-corrected chi connectivity index (χ4v) is 2.12. The lowest BCUT2D eigenvalue weighted by Gasteiger charge is -2.14. The lowest BCUT2D eigenvalue weighted by molar-refractivity contribution is 0.0954. The van der Waals surface area contributed by atoms with Crippen LogP contribution in [0.3, 0.4) is 0 Å². The second-order valence-corrected chi connectivity index (χ2v) is 3.93. The lowest BCUT2D eigenvalue weighted by Crippen LogP contribution is -2.15. The standard InChI is InChI=1S/C9H10BrNO/c1-6-5-7-8(12)3-2-4-11(7)9(6)10/h5H,2-4H2,1H3. The largest absolute Gasteiger partial charge is 0.333 e. The van der Waals surface area contributed by atoms with E-state index in [0.717, 1.165) is 28.8 Å². The SMILES string of the molecule is Cc1cc2n(c1Br)CCCC2=O. The van der Waals surface area contributed by atoms with E-state index in [9.17, 15) is 4.79 Å². The van der Waals surface area contributed by atoms with E-state index in [1.807, 2.05) is 13.0 Å². The van der Waals surface area contributed by atoms with E-state index in [4.69, 9.17) is 0 Å². The van der Waals surface area contributed by atoms with Crippen molar-refractivity contribution in [2.75, 3.05) is 0 Å². The van der Waals surface area contributed by atoms with Crippen LogP contribution < -0.4 is 0 Å². The van der Waals surface area contributed by atoms with Crippen LogP contribution in [-0.4, -0.2) is 10.4 Å². The highest BCUT2D eigenvalue weighted by Crippen LogP contribution is 2.26. The number of ketones is 1. The van der Waals surface area contributed by atoms with Crippen LogP contribution in [0, 0.1) is 6.92 Å². The number of hydrogen-bond acceptors (Lipinski definition) is 1. The van der Waals surface area contributed by atoms with E-state index >= 15 is 0 Å². The van der Waals surface area contributed by atoms with Crippen molar-refractivity contribution in [2.24, 2.45) is 0 Å². The Kier molecular flexibility index (Phi) is 1.83. The molecule has 0 bridgehead atoms. The zero-order valence-electron chi connectivity index (χ0n) is 6.93. The molecule has 0 saturated heterocycles. The third kappa shape index (κ3) is 1.04. The molecular weight excluding hydrogens is 218 g/mol. The molecule has 64 valence electrons. The Morgan fingerprint density at radius 3 is 3.00 bits per heavy atom. The average Bonchev–Trinajstić information content (AvgIpc) is 2.32. The number of hydrogen-bond donors (Lipinski definition) is 0. The van der Waals surface area contributed by atoms with Gasteiger partial charge in [0.2, 0.25) is 0 Å². The van der Waals surface area contributed by atoms with Crippen LogP contribution in [0.4, 0.5) is 0 Å². The summed E-state index contributed by atoms with van der Waals surface area (Å²) < 4.78 is 3.12. The number of aromatic nitrogens is 1. The average molecular weight is 228 g/mol. The maximum atomic E-state index is 11.4. The van der Waals surface area contributed by atoms with Crippen LogP contribution in [0.25, 0.3) is 0 Å². The maximum absolute atomic E-state index is 11.4. The zero-order valence-corrected chi connectivity index (χ0v) is 8.52. The third-order valence-corrected chi connectivity index (χ3v) is 3.33. The first-order valence-corrected chi connectivity index (χ1v) is 4.88. The molecule has 0 unspecified atom stereocenters. The summed E-state index contributed by atoms with van der Waals surface area (Å²) in [7, 11) is 0. The number of carbonyl (C=O) groups is 1. The number of Topliss-reactive ketones (excluding diaryl/α,β-unsaturated/α-hetero) is 1. The first kappa shape index (κ1) is 8.05. The molecule has 2 heterocycles. The minimum atomic E-state index is 0.273. The van der Waals surface area contributed by atoms with E-state index < -0.39 is 0 Å². The highest BCUT2D eigenvalue weighted by Gasteiger charge is 2.20. The maximum Gasteiger partial charge on any atom is 0.179 e. The monoisotopic (exact) mass is 227 g/mol. The van der Waals surface area contributed by atoms with Crippen molar-refractivity contribution >= 4 is 21.7 Å². The van der Waals surface area contributed by atoms with Crippen molar-refractivity contribution < 1.29 is 4.79 Å². The minimum absolute atomic E-state index is 0.273. The molecule has 1 aromatic rings. The van der Waals surface area contributed by atoms with Crippen molar-refractivity contribution in [1.82, 2.24) is 4.57 Å². The third-order valence-electron chi connectivity index (χ3n) is 2.28. The second kappa shape index (κ2) is 2.73. The molecular formula is C9H10BrNO. The summed E-state index contributed by atoms with van der Waals surface area (Å²) in [6.07, 6.45) is 1.68. The molecule has 1 aromatic heterocycles. The molecule has 2 nitrogen and oxygen atoms in total. The van der Waals surface area contributed by atoms with Crippen molar-refractivity contribution in [3.63, 3.8) is 0 Å². The van der Waals surface area contributed by atoms with Gasteiger partial charge in [0.25, 0.3) is 0 Å². The molecule has 0 N–H and O–H groups in total. The van der Waals surface area contributed by atoms with Crippen LogP contribution in [-0.2, 0) is 6.54 Å². The number of fused-ring (bicyclic) bond motifs is 1. The highest BCUT2D eigenvalue weighted by atomic mass is 79.9. The lowest BCUT2D eigenvalue weighted by atomic mass is 10.1. The normalized spacial score (nSPS) is 16.3. The number of nitrogens with zero attached hydrogens (tertiary/aromatic N) is 1. The van der Waals surface area contributed by atoms with Gasteiger partial charge in [-0.05, 0) is 40.9 Å². The van der Waals surface area contributed by atoms with Crippen LogP contribution in [0.5, 0.6) is 0 Å². The van der Waals surface area contributed by atoms with Crippen molar-refractivity contribution in [3.8, 4) is 0 Å². The Morgan fingerprint density at radius 2 is 2.33 bits per heavy atom. The van der Waals surface area contributed by atoms with Gasteiger partial charge in [-0.15, -0.1) is 0 Å². The van der Waals surface area contributed by atoms with E-state index in [1.54, 1.807) is 0 Å². The Bertz CT molecular complexity index is 341. The van der Waals surface area contributed by atoms with Gasteiger partial charge in [-0.3, -0.25) is 4.79 Å². The number of carbonyl (C=O) groups excluding carboxylic acids is 1. The van der Waals surface area contributed by atoms with Crippen LogP contribution in [0.2, 0.25) is 0 Å². The van der Waals surface area contributed by atoms with Crippen molar-refractivity contribution in [1.29, 1.82) is 0 Å². The molecule has 1 aliphatic rings. The molecule has 2 rings (SSSR count). The van der Waals surface area contributed by atoms with E-state index in [1.165, 1.54) is 0 Å². The van der Waals surface area contributed by atoms with E-state index in [-0.39, 0.29) is 5.78 Å². The molecule has 0 aromatic carbocycles. The van der Waals surface area contributed by atoms with Gasteiger partial charge in [0.15, 0.2) is 5.78 Å². The predicted octanol–water partition coefficient (Wildman–Crippen LogP) is 2.54. The Hall–Kier alpha value is -0.570. The van der Waals surface area contributed by atoms with Gasteiger partial charge in [-0.2, -0.15) is 0 Å². The molecule has 0 aliphatic carbocycles. The smallest absolute Gasteiger partial charge is 0.179 e. The molecule has 1 aliphatic heterocycles. The fraction of sp³-hybridized carbons (Fsp3) is 0.444. The molecule has 0 atom stereocenters. The Balaban J connectivity index is 2.60. The summed E-state index contributed by atoms with van der Waals surface area (Å²) in [4.78, 5) is 11.4. The van der Waals surface area contributed by atoms with Gasteiger partial charge in [0, 0.05) is 13.0 Å². The number of halogens is 1. The van der Waals surface area contributed by atoms with Crippen LogP contribution >= 0.6 is 15.9 Å². The minimum Gasteiger partial charge on any atom is -0.333 e. The quantitative estimate of drug-likeness (QED) is 0.668. The Morgan fingerprint density at radius 1 is 1.58 bits per heavy atom. The van der Waals surface area contributed by atoms with Gasteiger partial charge >= 0.3 is 0 Å². The summed E-state index contributed by atoms with van der Waals surface area (Å²) >= 11 is 3.47. The first-order valence-electron chi connectivity index (χ1n) is 4.09. The number of rotatable bonds is 0. The van der Waals surface area contributed by atoms with Gasteiger partial charge in [-0.25, -0.2) is 0 Å². The van der Waals surface area contributed by atoms with E-state index in [0.29, 0.717) is 6.42 Å². The second-order valence-electron chi connectivity index (χ2n) is 3.18. The topological polar surface area (TPSA) is 22.0 Å². The molecule has 0 fully saturated rings. The molecule has 0 spiro atoms. The fourth-order valence-electron chi connectivity index (χ4n) is 1.64. The molecule has 0 saturated carbocycles.